The van der Waals surface area contributed by atoms with Crippen LogP contribution >= 0.6 is 0 Å². The van der Waals surface area contributed by atoms with Gasteiger partial charge in [0, 0.05) is 12.2 Å². The van der Waals surface area contributed by atoms with E-state index >= 15 is 0 Å². The lowest BCUT2D eigenvalue weighted by molar-refractivity contribution is -0.105. The molecular weight excluding hydrogens is 376 g/mol. The van der Waals surface area contributed by atoms with Gasteiger partial charge in [0.05, 0.1) is 0 Å². The van der Waals surface area contributed by atoms with Crippen LogP contribution in [0, 0.1) is 29.6 Å². The van der Waals surface area contributed by atoms with Gasteiger partial charge in [0.15, 0.2) is 0 Å². The minimum atomic E-state index is -0.195. The zero-order chi connectivity index (χ0) is 21.0. The Bertz CT molecular complexity index is 798. The molecule has 4 bridgehead atoms. The lowest BCUT2D eigenvalue weighted by Gasteiger charge is -2.57. The molecule has 0 saturated heterocycles. The smallest absolute Gasteiger partial charge is 0.145 e. The third-order valence-electron chi connectivity index (χ3n) is 9.00. The van der Waals surface area contributed by atoms with Gasteiger partial charge in [-0.05, 0) is 122 Å². The van der Waals surface area contributed by atoms with E-state index in [1.54, 1.807) is 0 Å². The summed E-state index contributed by atoms with van der Waals surface area (Å²) in [6, 6.07) is 3.82. The molecule has 1 aromatic rings. The van der Waals surface area contributed by atoms with E-state index in [0.29, 0.717) is 17.6 Å². The van der Waals surface area contributed by atoms with Crippen LogP contribution in [0.1, 0.15) is 74.8 Å². The second kappa shape index (κ2) is 7.40. The van der Waals surface area contributed by atoms with Crippen LogP contribution in [0.2, 0.25) is 0 Å². The van der Waals surface area contributed by atoms with Gasteiger partial charge in [-0.3, -0.25) is 4.79 Å². The van der Waals surface area contributed by atoms with Gasteiger partial charge in [-0.25, -0.2) is 0 Å². The number of benzene rings is 1. The molecule has 5 fully saturated rings. The van der Waals surface area contributed by atoms with Gasteiger partial charge in [-0.15, -0.1) is 0 Å². The van der Waals surface area contributed by atoms with E-state index in [4.69, 9.17) is 0 Å². The van der Waals surface area contributed by atoms with Crippen molar-refractivity contribution in [3.05, 3.63) is 35.4 Å². The van der Waals surface area contributed by atoms with Crippen LogP contribution < -0.4 is 0 Å². The molecule has 3 N–H and O–H groups in total. The Kier molecular flexibility index (Phi) is 4.96. The first-order chi connectivity index (χ1) is 14.4. The number of aliphatic hydroxyl groups is 1. The summed E-state index contributed by atoms with van der Waals surface area (Å²) in [7, 11) is 0. The molecule has 0 unspecified atom stereocenters. The molecule has 162 valence electrons. The topological polar surface area (TPSA) is 77.8 Å². The predicted octanol–water partition coefficient (Wildman–Crippen LogP) is 4.81. The van der Waals surface area contributed by atoms with E-state index in [9.17, 15) is 20.1 Å². The summed E-state index contributed by atoms with van der Waals surface area (Å²) >= 11 is 0. The maximum Gasteiger partial charge on any atom is 0.145 e. The number of carbonyl (C=O) groups excluding carboxylic acids is 1. The molecule has 6 rings (SSSR count). The Hall–Kier alpha value is -1.81. The fraction of sp³-hybridized carbons (Fsp3) is 0.654. The molecule has 0 aromatic heterocycles. The number of aliphatic hydroxyl groups excluding tert-OH is 1. The lowest BCUT2D eigenvalue weighted by atomic mass is 9.48. The molecule has 30 heavy (non-hydrogen) atoms. The molecule has 0 spiro atoms. The number of hydrogen-bond acceptors (Lipinski definition) is 4. The maximum absolute atomic E-state index is 11.4. The van der Waals surface area contributed by atoms with E-state index in [1.165, 1.54) is 38.5 Å². The number of aldehydes is 1. The van der Waals surface area contributed by atoms with E-state index in [0.717, 1.165) is 42.4 Å². The van der Waals surface area contributed by atoms with Crippen LogP contribution in [0.4, 0.5) is 0 Å². The van der Waals surface area contributed by atoms with Crippen molar-refractivity contribution in [1.82, 2.24) is 0 Å². The third-order valence-corrected chi connectivity index (χ3v) is 9.00. The van der Waals surface area contributed by atoms with E-state index in [-0.39, 0.29) is 41.3 Å². The van der Waals surface area contributed by atoms with Crippen molar-refractivity contribution in [3.63, 3.8) is 0 Å². The van der Waals surface area contributed by atoms with Crippen molar-refractivity contribution >= 4 is 6.29 Å². The number of carbonyl (C=O) groups is 1. The molecule has 0 amide bonds. The van der Waals surface area contributed by atoms with Crippen molar-refractivity contribution in [2.45, 2.75) is 69.1 Å². The Balaban J connectivity index is 1.51. The fourth-order valence-electron chi connectivity index (χ4n) is 8.05. The van der Waals surface area contributed by atoms with Crippen molar-refractivity contribution in [3.8, 4) is 11.5 Å². The summed E-state index contributed by atoms with van der Waals surface area (Å²) in [6.45, 7) is 4.02. The van der Waals surface area contributed by atoms with Gasteiger partial charge < -0.3 is 15.3 Å². The van der Waals surface area contributed by atoms with Crippen LogP contribution in [0.25, 0.3) is 0 Å². The number of aromatic hydroxyl groups is 2. The first-order valence-electron chi connectivity index (χ1n) is 11.7. The third kappa shape index (κ3) is 3.19. The summed E-state index contributed by atoms with van der Waals surface area (Å²) in [4.78, 5) is 11.4. The number of rotatable bonds is 5. The average molecular weight is 411 g/mol. The molecule has 4 nitrogen and oxygen atoms in total. The van der Waals surface area contributed by atoms with Crippen LogP contribution in [0.15, 0.2) is 24.3 Å². The summed E-state index contributed by atoms with van der Waals surface area (Å²) in [5.74, 6) is 2.50. The Labute approximate surface area is 179 Å². The van der Waals surface area contributed by atoms with Crippen LogP contribution in [-0.4, -0.2) is 28.2 Å². The van der Waals surface area contributed by atoms with E-state index < -0.39 is 0 Å². The largest absolute Gasteiger partial charge is 0.508 e. The number of hydrogen-bond donors (Lipinski definition) is 3. The molecule has 4 heteroatoms. The van der Waals surface area contributed by atoms with E-state index in [2.05, 4.69) is 6.58 Å². The minimum Gasteiger partial charge on any atom is -0.508 e. The van der Waals surface area contributed by atoms with Crippen molar-refractivity contribution in [1.29, 1.82) is 0 Å². The monoisotopic (exact) mass is 410 g/mol. The summed E-state index contributed by atoms with van der Waals surface area (Å²) in [5.41, 5.74) is 2.25. The SMILES string of the molecule is C=C(C=O)[C@@H]1CC[C@@H](CO)C[C@H]1c1c(O)cc(C23CC4CC(CC(C4)C2)C3)cc1O. The Morgan fingerprint density at radius 3 is 2.07 bits per heavy atom. The zero-order valence-electron chi connectivity index (χ0n) is 17.7. The van der Waals surface area contributed by atoms with Gasteiger partial charge in [-0.2, -0.15) is 0 Å². The Morgan fingerprint density at radius 2 is 1.57 bits per heavy atom. The summed E-state index contributed by atoms with van der Waals surface area (Å²) in [6.07, 6.45) is 10.6. The maximum atomic E-state index is 11.4. The quantitative estimate of drug-likeness (QED) is 0.481. The normalized spacial score (nSPS) is 39.8. The highest BCUT2D eigenvalue weighted by Gasteiger charge is 2.52. The molecule has 0 radical (unpaired) electrons. The lowest BCUT2D eigenvalue weighted by Crippen LogP contribution is -2.48. The summed E-state index contributed by atoms with van der Waals surface area (Å²) < 4.78 is 0. The van der Waals surface area contributed by atoms with Gasteiger partial charge in [-0.1, -0.05) is 6.58 Å². The second-order valence-electron chi connectivity index (χ2n) is 10.9. The molecule has 0 heterocycles. The molecule has 1 aromatic carbocycles. The highest BCUT2D eigenvalue weighted by atomic mass is 16.3. The van der Waals surface area contributed by atoms with Crippen molar-refractivity contribution < 1.29 is 20.1 Å². The number of allylic oxidation sites excluding steroid dienone is 1. The summed E-state index contributed by atoms with van der Waals surface area (Å²) in [5, 5.41) is 31.9. The molecule has 5 aliphatic rings. The second-order valence-corrected chi connectivity index (χ2v) is 10.9. The first-order valence-corrected chi connectivity index (χ1v) is 11.7. The number of phenols is 2. The minimum absolute atomic E-state index is 0.0870. The molecule has 3 atom stereocenters. The van der Waals surface area contributed by atoms with Crippen molar-refractivity contribution in [2.75, 3.05) is 6.61 Å². The molecule has 0 aliphatic heterocycles. The number of phenolic OH excluding ortho intramolecular Hbond substituents is 2. The molecule has 5 aliphatic carbocycles. The van der Waals surface area contributed by atoms with Crippen molar-refractivity contribution in [2.24, 2.45) is 29.6 Å². The van der Waals surface area contributed by atoms with Gasteiger partial charge >= 0.3 is 0 Å². The van der Waals surface area contributed by atoms with Crippen LogP contribution in [0.3, 0.4) is 0 Å². The van der Waals surface area contributed by atoms with Gasteiger partial charge in [0.1, 0.15) is 17.8 Å². The van der Waals surface area contributed by atoms with Crippen LogP contribution in [-0.2, 0) is 10.2 Å². The Morgan fingerprint density at radius 1 is 1.00 bits per heavy atom. The van der Waals surface area contributed by atoms with Crippen LogP contribution in [0.5, 0.6) is 11.5 Å². The standard InChI is InChI=1S/C26H34O4/c1-15(13-27)21-3-2-16(14-28)7-22(21)25-23(29)8-20(9-24(25)30)26-10-17-4-18(11-26)6-19(5-17)12-26/h8-9,13,16-19,21-22,28-30H,1-7,10-12,14H2/t16-,17?,18?,19?,21+,22-,26?/m1/s1. The zero-order valence-corrected chi connectivity index (χ0v) is 17.7. The first kappa shape index (κ1) is 20.1. The van der Waals surface area contributed by atoms with Gasteiger partial charge in [0.25, 0.3) is 0 Å². The predicted molar refractivity (Wildman–Crippen MR) is 115 cm³/mol. The van der Waals surface area contributed by atoms with E-state index in [1.807, 2.05) is 12.1 Å². The highest BCUT2D eigenvalue weighted by Crippen LogP contribution is 2.61. The molecular formula is C26H34O4. The fourth-order valence-corrected chi connectivity index (χ4v) is 8.05. The van der Waals surface area contributed by atoms with Gasteiger partial charge in [0.2, 0.25) is 0 Å². The average Bonchev–Trinajstić information content (AvgIpc) is 2.71. The molecule has 5 saturated carbocycles. The highest BCUT2D eigenvalue weighted by molar-refractivity contribution is 5.73.